The fourth-order valence-electron chi connectivity index (χ4n) is 2.15. The van der Waals surface area contributed by atoms with Crippen molar-refractivity contribution in [3.05, 3.63) is 42.7 Å². The normalized spacial score (nSPS) is 14.2. The maximum Gasteiger partial charge on any atom is 0.0608 e. The van der Waals surface area contributed by atoms with Crippen LogP contribution in [0.5, 0.6) is 0 Å². The molecule has 1 heterocycles. The van der Waals surface area contributed by atoms with E-state index in [0.717, 1.165) is 31.4 Å². The first kappa shape index (κ1) is 14.8. The van der Waals surface area contributed by atoms with Crippen LogP contribution in [0, 0.1) is 0 Å². The van der Waals surface area contributed by atoms with Gasteiger partial charge in [-0.2, -0.15) is 5.10 Å². The van der Waals surface area contributed by atoms with Crippen molar-refractivity contribution >= 4 is 0 Å². The lowest BCUT2D eigenvalue weighted by molar-refractivity contribution is 0.197. The van der Waals surface area contributed by atoms with E-state index in [-0.39, 0.29) is 6.61 Å². The van der Waals surface area contributed by atoms with Crippen LogP contribution in [-0.2, 0) is 6.54 Å². The Bertz CT molecular complexity index is 520. The highest BCUT2D eigenvalue weighted by atomic mass is 16.3. The molecule has 0 saturated heterocycles. The first-order valence-corrected chi connectivity index (χ1v) is 7.08. The van der Waals surface area contributed by atoms with Gasteiger partial charge in [-0.3, -0.25) is 4.68 Å². The number of hydrogen-bond acceptors (Lipinski definition) is 3. The third-order valence-corrected chi connectivity index (χ3v) is 3.49. The number of aliphatic hydroxyl groups is 1. The highest BCUT2D eigenvalue weighted by Gasteiger charge is 2.15. The van der Waals surface area contributed by atoms with Crippen molar-refractivity contribution in [1.82, 2.24) is 9.78 Å². The summed E-state index contributed by atoms with van der Waals surface area (Å²) in [6.45, 7) is 2.80. The second kappa shape index (κ2) is 6.68. The zero-order valence-corrected chi connectivity index (χ0v) is 12.0. The van der Waals surface area contributed by atoms with Crippen LogP contribution in [-0.4, -0.2) is 27.0 Å². The molecule has 0 saturated carbocycles. The van der Waals surface area contributed by atoms with Gasteiger partial charge < -0.3 is 10.8 Å². The van der Waals surface area contributed by atoms with Gasteiger partial charge in [0.1, 0.15) is 0 Å². The van der Waals surface area contributed by atoms with Crippen LogP contribution in [0.25, 0.3) is 11.1 Å². The van der Waals surface area contributed by atoms with Gasteiger partial charge in [-0.15, -0.1) is 0 Å². The number of benzene rings is 1. The number of aliphatic hydroxyl groups excluding tert-OH is 1. The Balaban J connectivity index is 1.82. The lowest BCUT2D eigenvalue weighted by Gasteiger charge is -2.21. The van der Waals surface area contributed by atoms with Gasteiger partial charge >= 0.3 is 0 Å². The molecule has 4 nitrogen and oxygen atoms in total. The van der Waals surface area contributed by atoms with Gasteiger partial charge in [-0.1, -0.05) is 30.3 Å². The minimum Gasteiger partial charge on any atom is -0.394 e. The average molecular weight is 273 g/mol. The van der Waals surface area contributed by atoms with Crippen molar-refractivity contribution in [3.8, 4) is 11.1 Å². The smallest absolute Gasteiger partial charge is 0.0608 e. The highest BCUT2D eigenvalue weighted by molar-refractivity contribution is 5.61. The molecule has 1 aromatic carbocycles. The molecule has 1 aromatic heterocycles. The van der Waals surface area contributed by atoms with E-state index in [1.54, 1.807) is 0 Å². The van der Waals surface area contributed by atoms with E-state index < -0.39 is 5.54 Å². The van der Waals surface area contributed by atoms with Crippen LogP contribution < -0.4 is 5.73 Å². The molecule has 0 aliphatic rings. The molecule has 0 aliphatic heterocycles. The quantitative estimate of drug-likeness (QED) is 0.762. The summed E-state index contributed by atoms with van der Waals surface area (Å²) in [5, 5.41) is 13.5. The van der Waals surface area contributed by atoms with Gasteiger partial charge in [-0.25, -0.2) is 0 Å². The van der Waals surface area contributed by atoms with Crippen molar-refractivity contribution in [2.45, 2.75) is 38.3 Å². The van der Waals surface area contributed by atoms with Crippen LogP contribution in [0.3, 0.4) is 0 Å². The standard InChI is InChI=1S/C16H23N3O/c1-16(17,13-20)9-5-6-10-19-12-15(11-18-19)14-7-3-2-4-8-14/h2-4,7-8,11-12,20H,5-6,9-10,13,17H2,1H3. The Morgan fingerprint density at radius 2 is 1.95 bits per heavy atom. The Kier molecular flexibility index (Phi) is 4.93. The van der Waals surface area contributed by atoms with E-state index in [1.807, 2.05) is 36.0 Å². The summed E-state index contributed by atoms with van der Waals surface area (Å²) in [7, 11) is 0. The molecule has 0 fully saturated rings. The fourth-order valence-corrected chi connectivity index (χ4v) is 2.15. The molecule has 4 heteroatoms. The zero-order chi connectivity index (χ0) is 14.4. The summed E-state index contributed by atoms with van der Waals surface area (Å²) < 4.78 is 1.97. The van der Waals surface area contributed by atoms with E-state index >= 15 is 0 Å². The van der Waals surface area contributed by atoms with Crippen molar-refractivity contribution in [2.75, 3.05) is 6.61 Å². The molecule has 1 atom stereocenters. The summed E-state index contributed by atoms with van der Waals surface area (Å²) in [6, 6.07) is 10.2. The van der Waals surface area contributed by atoms with Crippen LogP contribution in [0.4, 0.5) is 0 Å². The topological polar surface area (TPSA) is 64.1 Å². The van der Waals surface area contributed by atoms with Gasteiger partial charge in [-0.05, 0) is 31.7 Å². The highest BCUT2D eigenvalue weighted by Crippen LogP contribution is 2.18. The lowest BCUT2D eigenvalue weighted by Crippen LogP contribution is -2.39. The molecular weight excluding hydrogens is 250 g/mol. The first-order valence-electron chi connectivity index (χ1n) is 7.08. The molecule has 0 aliphatic carbocycles. The first-order chi connectivity index (χ1) is 9.61. The van der Waals surface area contributed by atoms with Gasteiger partial charge in [0.2, 0.25) is 0 Å². The van der Waals surface area contributed by atoms with Crippen LogP contribution in [0.1, 0.15) is 26.2 Å². The van der Waals surface area contributed by atoms with Gasteiger partial charge in [0.25, 0.3) is 0 Å². The van der Waals surface area contributed by atoms with E-state index in [0.29, 0.717) is 0 Å². The number of nitrogens with zero attached hydrogens (tertiary/aromatic N) is 2. The second-order valence-electron chi connectivity index (χ2n) is 5.63. The monoisotopic (exact) mass is 273 g/mol. The van der Waals surface area contributed by atoms with E-state index in [4.69, 9.17) is 10.8 Å². The predicted octanol–water partition coefficient (Wildman–Crippen LogP) is 2.43. The van der Waals surface area contributed by atoms with Crippen LogP contribution >= 0.6 is 0 Å². The maximum absolute atomic E-state index is 9.10. The van der Waals surface area contributed by atoms with Crippen molar-refractivity contribution in [1.29, 1.82) is 0 Å². The summed E-state index contributed by atoms with van der Waals surface area (Å²) in [5.41, 5.74) is 7.78. The average Bonchev–Trinajstić information content (AvgIpc) is 2.93. The molecule has 108 valence electrons. The zero-order valence-electron chi connectivity index (χ0n) is 12.0. The van der Waals surface area contributed by atoms with Crippen LogP contribution in [0.2, 0.25) is 0 Å². The number of aryl methyl sites for hydroxylation is 1. The number of nitrogens with two attached hydrogens (primary N) is 1. The number of rotatable bonds is 7. The largest absolute Gasteiger partial charge is 0.394 e. The number of aromatic nitrogens is 2. The minimum absolute atomic E-state index is 0.0346. The molecule has 2 rings (SSSR count). The molecule has 0 spiro atoms. The third-order valence-electron chi connectivity index (χ3n) is 3.49. The molecule has 0 radical (unpaired) electrons. The van der Waals surface area contributed by atoms with E-state index in [2.05, 4.69) is 23.4 Å². The molecule has 1 unspecified atom stereocenters. The lowest BCUT2D eigenvalue weighted by atomic mass is 9.97. The van der Waals surface area contributed by atoms with E-state index in [1.165, 1.54) is 5.56 Å². The van der Waals surface area contributed by atoms with E-state index in [9.17, 15) is 0 Å². The van der Waals surface area contributed by atoms with Gasteiger partial charge in [0.15, 0.2) is 0 Å². The Morgan fingerprint density at radius 3 is 2.65 bits per heavy atom. The molecule has 3 N–H and O–H groups in total. The fraction of sp³-hybridized carbons (Fsp3) is 0.438. The van der Waals surface area contributed by atoms with Crippen molar-refractivity contribution in [3.63, 3.8) is 0 Å². The molecule has 2 aromatic rings. The summed E-state index contributed by atoms with van der Waals surface area (Å²) in [4.78, 5) is 0. The Morgan fingerprint density at radius 1 is 1.20 bits per heavy atom. The molecule has 0 amide bonds. The second-order valence-corrected chi connectivity index (χ2v) is 5.63. The third kappa shape index (κ3) is 4.18. The number of unbranched alkanes of at least 4 members (excludes halogenated alkanes) is 1. The van der Waals surface area contributed by atoms with Crippen LogP contribution in [0.15, 0.2) is 42.7 Å². The Labute approximate surface area is 120 Å². The number of hydrogen-bond donors (Lipinski definition) is 2. The maximum atomic E-state index is 9.10. The van der Waals surface area contributed by atoms with Gasteiger partial charge in [0, 0.05) is 23.8 Å². The minimum atomic E-state index is -0.459. The molecule has 20 heavy (non-hydrogen) atoms. The molecular formula is C16H23N3O. The summed E-state index contributed by atoms with van der Waals surface area (Å²) >= 11 is 0. The van der Waals surface area contributed by atoms with Crippen molar-refractivity contribution in [2.24, 2.45) is 5.73 Å². The summed E-state index contributed by atoms with van der Waals surface area (Å²) in [5.74, 6) is 0. The SMILES string of the molecule is CC(N)(CO)CCCCn1cc(-c2ccccc2)cn1. The molecule has 0 bridgehead atoms. The summed E-state index contributed by atoms with van der Waals surface area (Å²) in [6.07, 6.45) is 6.81. The van der Waals surface area contributed by atoms with Gasteiger partial charge in [0.05, 0.1) is 12.8 Å². The van der Waals surface area contributed by atoms with Crippen molar-refractivity contribution < 1.29 is 5.11 Å². The predicted molar refractivity (Wildman–Crippen MR) is 81.2 cm³/mol. The Hall–Kier alpha value is -1.65.